The van der Waals surface area contributed by atoms with Gasteiger partial charge in [-0.05, 0) is 0 Å². The molecule has 7 heavy (non-hydrogen) atoms. The quantitative estimate of drug-likeness (QED) is 0.148. The average Bonchev–Trinajstić information content (AvgIpc) is 1.39. The predicted octanol–water partition coefficient (Wildman–Crippen LogP) is -2.65. The van der Waals surface area contributed by atoms with Crippen LogP contribution in [0.1, 0.15) is 1.43 Å². The van der Waals surface area contributed by atoms with E-state index in [-0.39, 0.29) is 31.0 Å². The first kappa shape index (κ1) is 16.0. The summed E-state index contributed by atoms with van der Waals surface area (Å²) < 4.78 is 0. The van der Waals surface area contributed by atoms with E-state index in [1.165, 1.54) is 0 Å². The van der Waals surface area contributed by atoms with E-state index in [1.807, 2.05) is 9.82 Å². The van der Waals surface area contributed by atoms with Gasteiger partial charge in [-0.3, -0.25) is 0 Å². The summed E-state index contributed by atoms with van der Waals surface area (Å²) in [6.45, 7) is 0. The zero-order valence-electron chi connectivity index (χ0n) is 4.89. The Balaban J connectivity index is -0.0000000160. The van der Waals surface area contributed by atoms with E-state index in [9.17, 15) is 0 Å². The molecule has 0 aliphatic rings. The van der Waals surface area contributed by atoms with Crippen molar-refractivity contribution in [3.8, 4) is 0 Å². The van der Waals surface area contributed by atoms with Crippen LogP contribution in [-0.2, 0) is 0 Å². The van der Waals surface area contributed by atoms with Crippen LogP contribution in [0.5, 0.6) is 0 Å². The minimum atomic E-state index is 0. The van der Waals surface area contributed by atoms with E-state index in [2.05, 4.69) is 0 Å². The summed E-state index contributed by atoms with van der Waals surface area (Å²) in [4.78, 5) is 4.00. The normalized spacial score (nSPS) is 2.29. The number of nitrogens with zero attached hydrogens (tertiary/aromatic N) is 2. The first-order valence-electron chi connectivity index (χ1n) is 0.894. The maximum atomic E-state index is 5.50. The van der Waals surface area contributed by atoms with Crippen molar-refractivity contribution >= 4 is 0 Å². The summed E-state index contributed by atoms with van der Waals surface area (Å²) in [6.07, 6.45) is 0. The van der Waals surface area contributed by atoms with Crippen LogP contribution in [-0.4, -0.2) is 0 Å². The fourth-order valence-corrected chi connectivity index (χ4v) is 0. The van der Waals surface area contributed by atoms with Gasteiger partial charge in [-0.15, -0.1) is 0 Å². The monoisotopic (exact) mass is 112 g/mol. The summed E-state index contributed by atoms with van der Waals surface area (Å²) in [5.41, 5.74) is 22.0. The Kier molecular flexibility index (Phi) is 104. The van der Waals surface area contributed by atoms with Crippen molar-refractivity contribution in [3.63, 3.8) is 0 Å². The van der Waals surface area contributed by atoms with Crippen LogP contribution in [0, 0.1) is 22.1 Å². The Labute approximate surface area is 63.1 Å². The molecule has 0 atom stereocenters. The van der Waals surface area contributed by atoms with E-state index in [0.717, 1.165) is 0 Å². The van der Waals surface area contributed by atoms with Gasteiger partial charge in [-0.25, -0.2) is 0 Å². The van der Waals surface area contributed by atoms with Crippen LogP contribution in [0.4, 0.5) is 0 Å². The number of hydrogen-bond acceptors (Lipinski definition) is 4. The van der Waals surface area contributed by atoms with E-state index in [0.29, 0.717) is 0 Å². The van der Waals surface area contributed by atoms with Crippen LogP contribution in [0.2, 0.25) is 0 Å². The number of rotatable bonds is 0. The molecule has 0 aliphatic heterocycles. The molecular formula is H5N6Na+2. The standard InChI is InChI=1S/2H2N3.Na.H/c2*1-3-2;;/h2*1-2H;;/q3*+1;-1. The van der Waals surface area contributed by atoms with Gasteiger partial charge in [-0.1, -0.05) is 0 Å². The third-order valence-electron chi connectivity index (χ3n) is 0. The summed E-state index contributed by atoms with van der Waals surface area (Å²) in [7, 11) is 0. The van der Waals surface area contributed by atoms with Crippen LogP contribution in [0.25, 0.3) is 0 Å². The molecule has 0 bridgehead atoms. The van der Waals surface area contributed by atoms with Gasteiger partial charge in [0.25, 0.3) is 0 Å². The molecule has 0 saturated carbocycles. The van der Waals surface area contributed by atoms with Crippen LogP contribution in [0.3, 0.4) is 0 Å². The third kappa shape index (κ3) is 510. The van der Waals surface area contributed by atoms with Gasteiger partial charge in [0.05, 0.1) is 0 Å². The van der Waals surface area contributed by atoms with Crippen molar-refractivity contribution in [1.29, 1.82) is 22.1 Å². The SMILES string of the molecule is N=[N+]=N.N=[N+]=N.[H-].[Na+]. The predicted molar refractivity (Wildman–Crippen MR) is 16.3 cm³/mol. The zero-order valence-corrected chi connectivity index (χ0v) is 5.89. The van der Waals surface area contributed by atoms with Crippen molar-refractivity contribution in [2.24, 2.45) is 0 Å². The second-order valence-electron chi connectivity index (χ2n) is 0.224. The molecule has 0 amide bonds. The molecule has 0 unspecified atom stereocenters. The van der Waals surface area contributed by atoms with Gasteiger partial charge in [0.15, 0.2) is 0 Å². The van der Waals surface area contributed by atoms with E-state index in [1.54, 1.807) is 0 Å². The molecule has 6 nitrogen and oxygen atoms in total. The largest absolute Gasteiger partial charge is 1.00 e. The van der Waals surface area contributed by atoms with Crippen molar-refractivity contribution < 1.29 is 31.0 Å². The van der Waals surface area contributed by atoms with Crippen molar-refractivity contribution in [1.82, 2.24) is 9.82 Å². The van der Waals surface area contributed by atoms with Gasteiger partial charge >= 0.3 is 29.6 Å². The second kappa shape index (κ2) is 45.7. The minimum Gasteiger partial charge on any atom is -1.00 e. The van der Waals surface area contributed by atoms with E-state index < -0.39 is 0 Å². The van der Waals surface area contributed by atoms with Gasteiger partial charge < -0.3 is 1.43 Å². The molecule has 0 radical (unpaired) electrons. The summed E-state index contributed by atoms with van der Waals surface area (Å²) in [5.74, 6) is 0. The number of hydrogen-bond donors (Lipinski definition) is 4. The Morgan fingerprint density at radius 2 is 0.857 bits per heavy atom. The van der Waals surface area contributed by atoms with Crippen molar-refractivity contribution in [2.45, 2.75) is 0 Å². The molecule has 0 saturated heterocycles. The molecule has 0 spiro atoms. The Morgan fingerprint density at radius 1 is 0.857 bits per heavy atom. The van der Waals surface area contributed by atoms with Gasteiger partial charge in [0.1, 0.15) is 22.1 Å². The maximum absolute atomic E-state index is 5.50. The smallest absolute Gasteiger partial charge is 1.00 e. The minimum absolute atomic E-state index is 0. The maximum Gasteiger partial charge on any atom is 1.00 e. The van der Waals surface area contributed by atoms with Gasteiger partial charge in [-0.2, -0.15) is 0 Å². The molecule has 34 valence electrons. The first-order valence-corrected chi connectivity index (χ1v) is 0.894. The summed E-state index contributed by atoms with van der Waals surface area (Å²) >= 11 is 0. The molecule has 0 heterocycles. The fraction of sp³-hybridized carbons (Fsp3) is 0. The average molecular weight is 112 g/mol. The molecule has 0 aliphatic carbocycles. The molecule has 0 aromatic carbocycles. The van der Waals surface area contributed by atoms with Gasteiger partial charge in [0.2, 0.25) is 9.82 Å². The van der Waals surface area contributed by atoms with E-state index >= 15 is 0 Å². The molecule has 0 aromatic rings. The molecule has 0 aromatic heterocycles. The molecule has 4 N–H and O–H groups in total. The van der Waals surface area contributed by atoms with Crippen molar-refractivity contribution in [2.75, 3.05) is 0 Å². The van der Waals surface area contributed by atoms with Gasteiger partial charge in [0, 0.05) is 0 Å². The molecule has 7 heteroatoms. The van der Waals surface area contributed by atoms with Crippen molar-refractivity contribution in [3.05, 3.63) is 0 Å². The van der Waals surface area contributed by atoms with E-state index in [4.69, 9.17) is 22.1 Å². The van der Waals surface area contributed by atoms with Crippen LogP contribution in [0.15, 0.2) is 0 Å². The topological polar surface area (TPSA) is 124 Å². The molecule has 0 fully saturated rings. The summed E-state index contributed by atoms with van der Waals surface area (Å²) in [5, 5.41) is 0. The Morgan fingerprint density at radius 3 is 0.857 bits per heavy atom. The number of nitrogens with one attached hydrogen (secondary N) is 4. The fourth-order valence-electron chi connectivity index (χ4n) is 0. The molecular weight excluding hydrogens is 107 g/mol. The Hall–Kier alpha value is -0.380. The first-order chi connectivity index (χ1) is 2.83. The van der Waals surface area contributed by atoms with Crippen LogP contribution < -0.4 is 39.4 Å². The van der Waals surface area contributed by atoms with Crippen LogP contribution >= 0.6 is 0 Å². The zero-order chi connectivity index (χ0) is 5.41. The second-order valence-corrected chi connectivity index (χ2v) is 0.224. The third-order valence-corrected chi connectivity index (χ3v) is 0. The Bertz CT molecular complexity index is 62.5. The summed E-state index contributed by atoms with van der Waals surface area (Å²) in [6, 6.07) is 0. The molecule has 0 rings (SSSR count).